The minimum atomic E-state index is -0.501. The molecule has 1 aromatic rings. The lowest BCUT2D eigenvalue weighted by Gasteiger charge is -2.16. The van der Waals surface area contributed by atoms with Crippen molar-refractivity contribution in [1.29, 1.82) is 0 Å². The molecule has 2 atom stereocenters. The van der Waals surface area contributed by atoms with Crippen LogP contribution < -0.4 is 11.1 Å². The van der Waals surface area contributed by atoms with Crippen molar-refractivity contribution in [3.8, 4) is 0 Å². The molecule has 1 aromatic heterocycles. The van der Waals surface area contributed by atoms with Gasteiger partial charge in [0.05, 0.1) is 12.1 Å². The standard InChI is InChI=1S/C12H21N5O/c1-8(13)12(18)14-9(2)11-16-15-10-6-4-3-5-7-17(10)11/h8-9H,3-7,13H2,1-2H3,(H,14,18). The molecule has 18 heavy (non-hydrogen) atoms. The van der Waals surface area contributed by atoms with E-state index in [9.17, 15) is 4.79 Å². The zero-order chi connectivity index (χ0) is 13.1. The average molecular weight is 251 g/mol. The van der Waals surface area contributed by atoms with E-state index in [4.69, 9.17) is 5.73 Å². The number of amides is 1. The molecule has 100 valence electrons. The van der Waals surface area contributed by atoms with Gasteiger partial charge in [-0.15, -0.1) is 10.2 Å². The lowest BCUT2D eigenvalue weighted by Crippen LogP contribution is -2.40. The maximum atomic E-state index is 11.6. The van der Waals surface area contributed by atoms with E-state index < -0.39 is 6.04 Å². The number of aryl methyl sites for hydroxylation is 1. The number of nitrogens with two attached hydrogens (primary N) is 1. The number of aromatic nitrogens is 3. The number of hydrogen-bond acceptors (Lipinski definition) is 4. The molecule has 0 aliphatic carbocycles. The van der Waals surface area contributed by atoms with Gasteiger partial charge in [0.2, 0.25) is 5.91 Å². The largest absolute Gasteiger partial charge is 0.345 e. The molecule has 0 bridgehead atoms. The van der Waals surface area contributed by atoms with Crippen LogP contribution in [0.15, 0.2) is 0 Å². The molecular weight excluding hydrogens is 230 g/mol. The van der Waals surface area contributed by atoms with Crippen molar-refractivity contribution >= 4 is 5.91 Å². The van der Waals surface area contributed by atoms with Crippen LogP contribution in [0, 0.1) is 0 Å². The molecule has 2 rings (SSSR count). The van der Waals surface area contributed by atoms with Gasteiger partial charge in [0.1, 0.15) is 5.82 Å². The van der Waals surface area contributed by atoms with Gasteiger partial charge in [-0.3, -0.25) is 4.79 Å². The van der Waals surface area contributed by atoms with Crippen LogP contribution in [0.1, 0.15) is 50.8 Å². The van der Waals surface area contributed by atoms with Gasteiger partial charge in [-0.05, 0) is 26.7 Å². The van der Waals surface area contributed by atoms with Crippen LogP contribution in [0.3, 0.4) is 0 Å². The normalized spacial score (nSPS) is 18.6. The van der Waals surface area contributed by atoms with E-state index >= 15 is 0 Å². The van der Waals surface area contributed by atoms with E-state index in [0.717, 1.165) is 31.0 Å². The van der Waals surface area contributed by atoms with E-state index in [-0.39, 0.29) is 11.9 Å². The molecule has 0 fully saturated rings. The number of hydrogen-bond donors (Lipinski definition) is 2. The second-order valence-corrected chi connectivity index (χ2v) is 4.96. The Labute approximate surface area is 107 Å². The molecular formula is C12H21N5O. The predicted octanol–water partition coefficient (Wildman–Crippen LogP) is 0.529. The fourth-order valence-corrected chi connectivity index (χ4v) is 2.24. The Bertz CT molecular complexity index is 426. The van der Waals surface area contributed by atoms with Crippen molar-refractivity contribution in [2.24, 2.45) is 5.73 Å². The van der Waals surface area contributed by atoms with Crippen LogP contribution in [0.2, 0.25) is 0 Å². The van der Waals surface area contributed by atoms with E-state index in [0.29, 0.717) is 0 Å². The first kappa shape index (κ1) is 13.0. The Morgan fingerprint density at radius 2 is 2.11 bits per heavy atom. The Morgan fingerprint density at radius 1 is 1.33 bits per heavy atom. The summed E-state index contributed by atoms with van der Waals surface area (Å²) >= 11 is 0. The third kappa shape index (κ3) is 2.69. The van der Waals surface area contributed by atoms with E-state index in [1.165, 1.54) is 12.8 Å². The molecule has 3 N–H and O–H groups in total. The molecule has 0 saturated heterocycles. The maximum absolute atomic E-state index is 11.6. The van der Waals surface area contributed by atoms with E-state index in [1.54, 1.807) is 6.92 Å². The number of nitrogens with one attached hydrogen (secondary N) is 1. The highest BCUT2D eigenvalue weighted by Gasteiger charge is 2.21. The van der Waals surface area contributed by atoms with Crippen molar-refractivity contribution in [2.75, 3.05) is 0 Å². The Kier molecular flexibility index (Phi) is 3.96. The first-order chi connectivity index (χ1) is 8.59. The quantitative estimate of drug-likeness (QED) is 0.820. The first-order valence-corrected chi connectivity index (χ1v) is 6.57. The van der Waals surface area contributed by atoms with Crippen LogP contribution >= 0.6 is 0 Å². The van der Waals surface area contributed by atoms with E-state index in [1.807, 2.05) is 6.92 Å². The summed E-state index contributed by atoms with van der Waals surface area (Å²) in [7, 11) is 0. The molecule has 1 aliphatic heterocycles. The predicted molar refractivity (Wildman–Crippen MR) is 67.8 cm³/mol. The molecule has 0 spiro atoms. The van der Waals surface area contributed by atoms with Gasteiger partial charge >= 0.3 is 0 Å². The highest BCUT2D eigenvalue weighted by Crippen LogP contribution is 2.18. The van der Waals surface area contributed by atoms with Gasteiger partial charge < -0.3 is 15.6 Å². The minimum Gasteiger partial charge on any atom is -0.345 e. The summed E-state index contributed by atoms with van der Waals surface area (Å²) in [5, 5.41) is 11.3. The molecule has 6 heteroatoms. The summed E-state index contributed by atoms with van der Waals surface area (Å²) in [5.41, 5.74) is 5.55. The van der Waals surface area contributed by atoms with Crippen LogP contribution in [-0.4, -0.2) is 26.7 Å². The average Bonchev–Trinajstić information content (AvgIpc) is 2.58. The number of carbonyl (C=O) groups is 1. The Hall–Kier alpha value is -1.43. The van der Waals surface area contributed by atoms with Gasteiger partial charge in [-0.1, -0.05) is 6.42 Å². The van der Waals surface area contributed by atoms with Crippen LogP contribution in [-0.2, 0) is 17.8 Å². The molecule has 0 saturated carbocycles. The molecule has 0 radical (unpaired) electrons. The van der Waals surface area contributed by atoms with Gasteiger partial charge in [0, 0.05) is 13.0 Å². The maximum Gasteiger partial charge on any atom is 0.237 e. The van der Waals surface area contributed by atoms with Gasteiger partial charge in [-0.25, -0.2) is 0 Å². The zero-order valence-electron chi connectivity index (χ0n) is 11.0. The number of rotatable bonds is 3. The SMILES string of the molecule is CC(N)C(=O)NC(C)c1nnc2n1CCCCC2. The summed E-state index contributed by atoms with van der Waals surface area (Å²) in [6.45, 7) is 4.53. The fourth-order valence-electron chi connectivity index (χ4n) is 2.24. The van der Waals surface area contributed by atoms with Gasteiger partial charge in [-0.2, -0.15) is 0 Å². The summed E-state index contributed by atoms with van der Waals surface area (Å²) in [4.78, 5) is 11.6. The third-order valence-corrected chi connectivity index (χ3v) is 3.30. The third-order valence-electron chi connectivity index (χ3n) is 3.30. The lowest BCUT2D eigenvalue weighted by molar-refractivity contribution is -0.122. The van der Waals surface area contributed by atoms with Crippen molar-refractivity contribution in [1.82, 2.24) is 20.1 Å². The molecule has 1 amide bonds. The Morgan fingerprint density at radius 3 is 2.83 bits per heavy atom. The number of nitrogens with zero attached hydrogens (tertiary/aromatic N) is 3. The zero-order valence-corrected chi connectivity index (χ0v) is 11.0. The van der Waals surface area contributed by atoms with Crippen molar-refractivity contribution in [2.45, 2.75) is 58.2 Å². The fraction of sp³-hybridized carbons (Fsp3) is 0.750. The van der Waals surface area contributed by atoms with Crippen molar-refractivity contribution < 1.29 is 4.79 Å². The molecule has 1 aliphatic rings. The monoisotopic (exact) mass is 251 g/mol. The lowest BCUT2D eigenvalue weighted by atomic mass is 10.2. The van der Waals surface area contributed by atoms with Crippen molar-refractivity contribution in [3.63, 3.8) is 0 Å². The summed E-state index contributed by atoms with van der Waals surface area (Å²) in [5.74, 6) is 1.71. The summed E-state index contributed by atoms with van der Waals surface area (Å²) < 4.78 is 2.14. The van der Waals surface area contributed by atoms with Gasteiger partial charge in [0.25, 0.3) is 0 Å². The minimum absolute atomic E-state index is 0.150. The summed E-state index contributed by atoms with van der Waals surface area (Å²) in [6, 6.07) is -0.651. The molecule has 6 nitrogen and oxygen atoms in total. The van der Waals surface area contributed by atoms with Gasteiger partial charge in [0.15, 0.2) is 5.82 Å². The first-order valence-electron chi connectivity index (χ1n) is 6.57. The topological polar surface area (TPSA) is 85.8 Å². The second-order valence-electron chi connectivity index (χ2n) is 4.96. The molecule has 0 aromatic carbocycles. The van der Waals surface area contributed by atoms with E-state index in [2.05, 4.69) is 20.1 Å². The Balaban J connectivity index is 2.13. The molecule has 2 heterocycles. The van der Waals surface area contributed by atoms with Crippen LogP contribution in [0.4, 0.5) is 0 Å². The van der Waals surface area contributed by atoms with Crippen molar-refractivity contribution in [3.05, 3.63) is 11.6 Å². The highest BCUT2D eigenvalue weighted by molar-refractivity contribution is 5.81. The smallest absolute Gasteiger partial charge is 0.237 e. The molecule has 2 unspecified atom stereocenters. The second kappa shape index (κ2) is 5.48. The number of carbonyl (C=O) groups excluding carboxylic acids is 1. The van der Waals surface area contributed by atoms with Crippen LogP contribution in [0.25, 0.3) is 0 Å². The number of fused-ring (bicyclic) bond motifs is 1. The summed E-state index contributed by atoms with van der Waals surface area (Å²) in [6.07, 6.45) is 4.51. The van der Waals surface area contributed by atoms with Crippen LogP contribution in [0.5, 0.6) is 0 Å². The highest BCUT2D eigenvalue weighted by atomic mass is 16.2.